The fourth-order valence-electron chi connectivity index (χ4n) is 2.56. The summed E-state index contributed by atoms with van der Waals surface area (Å²) in [5, 5.41) is 6.96. The second-order valence-electron chi connectivity index (χ2n) is 6.05. The molecular formula is C20H19BrN4O2S. The summed E-state index contributed by atoms with van der Waals surface area (Å²) in [4.78, 5) is 25.0. The predicted octanol–water partition coefficient (Wildman–Crippen LogP) is 3.72. The van der Waals surface area contributed by atoms with Gasteiger partial charge in [-0.25, -0.2) is 0 Å². The molecule has 3 aromatic rings. The first-order valence-corrected chi connectivity index (χ1v) is 10.4. The Morgan fingerprint density at radius 2 is 1.82 bits per heavy atom. The third-order valence-corrected chi connectivity index (χ3v) is 5.47. The summed E-state index contributed by atoms with van der Waals surface area (Å²) in [5.74, 6) is -0.679. The Morgan fingerprint density at radius 3 is 2.50 bits per heavy atom. The van der Waals surface area contributed by atoms with Crippen LogP contribution in [0.3, 0.4) is 0 Å². The highest BCUT2D eigenvalue weighted by atomic mass is 79.9. The maximum atomic E-state index is 12.3. The number of carbonyl (C=O) groups is 2. The van der Waals surface area contributed by atoms with Crippen LogP contribution in [0.25, 0.3) is 0 Å². The lowest BCUT2D eigenvalue weighted by Gasteiger charge is -2.04. The number of aryl methyl sites for hydroxylation is 2. The molecule has 1 heterocycles. The maximum absolute atomic E-state index is 12.3. The van der Waals surface area contributed by atoms with Crippen molar-refractivity contribution in [3.63, 3.8) is 0 Å². The van der Waals surface area contributed by atoms with Crippen LogP contribution in [0.4, 0.5) is 5.69 Å². The van der Waals surface area contributed by atoms with Crippen molar-refractivity contribution < 1.29 is 9.59 Å². The molecule has 0 aliphatic rings. The summed E-state index contributed by atoms with van der Waals surface area (Å²) in [5.41, 5.74) is 6.98. The van der Waals surface area contributed by atoms with E-state index in [-0.39, 0.29) is 17.4 Å². The van der Waals surface area contributed by atoms with Crippen LogP contribution < -0.4 is 11.1 Å². The molecule has 0 atom stereocenters. The number of rotatable bonds is 8. The molecule has 0 saturated carbocycles. The van der Waals surface area contributed by atoms with Gasteiger partial charge in [0.2, 0.25) is 5.91 Å². The number of amides is 2. The highest BCUT2D eigenvalue weighted by Gasteiger charge is 2.16. The van der Waals surface area contributed by atoms with Crippen LogP contribution in [0.15, 0.2) is 70.2 Å². The first-order valence-electron chi connectivity index (χ1n) is 8.60. The minimum atomic E-state index is -0.672. The molecule has 1 aromatic heterocycles. The molecule has 0 bridgehead atoms. The normalized spacial score (nSPS) is 10.6. The van der Waals surface area contributed by atoms with E-state index >= 15 is 0 Å². The van der Waals surface area contributed by atoms with E-state index in [0.29, 0.717) is 12.2 Å². The Balaban J connectivity index is 1.61. The van der Waals surface area contributed by atoms with Crippen LogP contribution in [-0.2, 0) is 17.8 Å². The van der Waals surface area contributed by atoms with E-state index in [1.54, 1.807) is 10.9 Å². The number of nitrogens with zero attached hydrogens (tertiary/aromatic N) is 2. The standard InChI is InChI=1S/C20H19BrN4O2S/c21-15-6-8-16(9-7-15)28-13-18(26)23-17-12-25(24-19(17)20(22)27)11-10-14-4-2-1-3-5-14/h1-9,12H,10-11,13H2,(H2,22,27)(H,23,26). The SMILES string of the molecule is NC(=O)c1nn(CCc2ccccc2)cc1NC(=O)CSc1ccc(Br)cc1. The molecule has 8 heteroatoms. The van der Waals surface area contributed by atoms with Crippen molar-refractivity contribution in [2.45, 2.75) is 17.9 Å². The molecule has 28 heavy (non-hydrogen) atoms. The fraction of sp³-hybridized carbons (Fsp3) is 0.150. The fourth-order valence-corrected chi connectivity index (χ4v) is 3.53. The van der Waals surface area contributed by atoms with Crippen molar-refractivity contribution >= 4 is 45.2 Å². The second kappa shape index (κ2) is 9.57. The van der Waals surface area contributed by atoms with Crippen molar-refractivity contribution in [3.8, 4) is 0 Å². The van der Waals surface area contributed by atoms with Crippen LogP contribution in [0, 0.1) is 0 Å². The maximum Gasteiger partial charge on any atom is 0.271 e. The zero-order valence-electron chi connectivity index (χ0n) is 15.0. The van der Waals surface area contributed by atoms with Crippen LogP contribution in [0.2, 0.25) is 0 Å². The lowest BCUT2D eigenvalue weighted by atomic mass is 10.1. The Labute approximate surface area is 175 Å². The average Bonchev–Trinajstić information content (AvgIpc) is 3.10. The minimum Gasteiger partial charge on any atom is -0.364 e. The van der Waals surface area contributed by atoms with Gasteiger partial charge >= 0.3 is 0 Å². The van der Waals surface area contributed by atoms with Gasteiger partial charge in [-0.2, -0.15) is 5.10 Å². The lowest BCUT2D eigenvalue weighted by Crippen LogP contribution is -2.19. The molecule has 0 fully saturated rings. The number of hydrogen-bond donors (Lipinski definition) is 2. The minimum absolute atomic E-state index is 0.0649. The van der Waals surface area contributed by atoms with E-state index in [1.165, 1.54) is 11.8 Å². The van der Waals surface area contributed by atoms with E-state index in [0.717, 1.165) is 21.4 Å². The molecule has 0 radical (unpaired) electrons. The van der Waals surface area contributed by atoms with Crippen molar-refractivity contribution in [1.29, 1.82) is 0 Å². The summed E-state index contributed by atoms with van der Waals surface area (Å²) < 4.78 is 2.61. The van der Waals surface area contributed by atoms with Crippen molar-refractivity contribution in [1.82, 2.24) is 9.78 Å². The lowest BCUT2D eigenvalue weighted by molar-refractivity contribution is -0.113. The van der Waals surface area contributed by atoms with Gasteiger partial charge in [0.1, 0.15) is 0 Å². The summed E-state index contributed by atoms with van der Waals surface area (Å²) in [6.07, 6.45) is 2.40. The Morgan fingerprint density at radius 1 is 1.11 bits per heavy atom. The van der Waals surface area contributed by atoms with E-state index < -0.39 is 5.91 Å². The molecule has 3 N–H and O–H groups in total. The smallest absolute Gasteiger partial charge is 0.271 e. The third-order valence-electron chi connectivity index (χ3n) is 3.93. The van der Waals surface area contributed by atoms with Gasteiger partial charge in [-0.1, -0.05) is 46.3 Å². The van der Waals surface area contributed by atoms with Gasteiger partial charge in [0.05, 0.1) is 11.4 Å². The molecule has 0 aliphatic heterocycles. The van der Waals surface area contributed by atoms with Crippen molar-refractivity contribution in [3.05, 3.63) is 76.5 Å². The number of anilines is 1. The molecule has 0 saturated heterocycles. The van der Waals surface area contributed by atoms with Crippen LogP contribution in [0.1, 0.15) is 16.1 Å². The first kappa shape index (κ1) is 20.2. The molecular weight excluding hydrogens is 440 g/mol. The molecule has 144 valence electrons. The van der Waals surface area contributed by atoms with Gasteiger partial charge in [0.25, 0.3) is 5.91 Å². The van der Waals surface area contributed by atoms with Gasteiger partial charge in [0.15, 0.2) is 5.69 Å². The zero-order valence-corrected chi connectivity index (χ0v) is 17.4. The van der Waals surface area contributed by atoms with E-state index in [9.17, 15) is 9.59 Å². The van der Waals surface area contributed by atoms with E-state index in [4.69, 9.17) is 5.73 Å². The quantitative estimate of drug-likeness (QED) is 0.503. The van der Waals surface area contributed by atoms with Gasteiger partial charge in [-0.15, -0.1) is 11.8 Å². The first-order chi connectivity index (χ1) is 13.5. The summed E-state index contributed by atoms with van der Waals surface area (Å²) in [6, 6.07) is 17.7. The molecule has 2 amide bonds. The number of primary amides is 1. The van der Waals surface area contributed by atoms with Crippen LogP contribution in [0.5, 0.6) is 0 Å². The number of carbonyl (C=O) groups excluding carboxylic acids is 2. The highest BCUT2D eigenvalue weighted by molar-refractivity contribution is 9.10. The Kier molecular flexibility index (Phi) is 6.89. The molecule has 0 aliphatic carbocycles. The molecule has 6 nitrogen and oxygen atoms in total. The Hall–Kier alpha value is -2.58. The number of halogens is 1. The van der Waals surface area contributed by atoms with Crippen LogP contribution >= 0.6 is 27.7 Å². The van der Waals surface area contributed by atoms with Crippen LogP contribution in [-0.4, -0.2) is 27.3 Å². The number of thioether (sulfide) groups is 1. The number of aromatic nitrogens is 2. The predicted molar refractivity (Wildman–Crippen MR) is 114 cm³/mol. The number of nitrogens with one attached hydrogen (secondary N) is 1. The van der Waals surface area contributed by atoms with Gasteiger partial charge in [0, 0.05) is 22.1 Å². The van der Waals surface area contributed by atoms with Gasteiger partial charge in [-0.05, 0) is 36.2 Å². The van der Waals surface area contributed by atoms with E-state index in [1.807, 2.05) is 54.6 Å². The number of nitrogens with two attached hydrogens (primary N) is 1. The second-order valence-corrected chi connectivity index (χ2v) is 8.01. The topological polar surface area (TPSA) is 90.0 Å². The van der Waals surface area contributed by atoms with Crippen molar-refractivity contribution in [2.24, 2.45) is 5.73 Å². The van der Waals surface area contributed by atoms with Gasteiger partial charge < -0.3 is 11.1 Å². The third kappa shape index (κ3) is 5.71. The molecule has 3 rings (SSSR count). The summed E-state index contributed by atoms with van der Waals surface area (Å²) in [6.45, 7) is 0.577. The van der Waals surface area contributed by atoms with E-state index in [2.05, 4.69) is 26.3 Å². The molecule has 0 unspecified atom stereocenters. The monoisotopic (exact) mass is 458 g/mol. The molecule has 0 spiro atoms. The summed E-state index contributed by atoms with van der Waals surface area (Å²) >= 11 is 4.79. The molecule has 2 aromatic carbocycles. The largest absolute Gasteiger partial charge is 0.364 e. The Bertz CT molecular complexity index is 958. The number of hydrogen-bond acceptors (Lipinski definition) is 4. The van der Waals surface area contributed by atoms with Gasteiger partial charge in [-0.3, -0.25) is 14.3 Å². The van der Waals surface area contributed by atoms with Crippen molar-refractivity contribution in [2.75, 3.05) is 11.1 Å². The zero-order chi connectivity index (χ0) is 19.9. The summed E-state index contributed by atoms with van der Waals surface area (Å²) in [7, 11) is 0. The average molecular weight is 459 g/mol. The highest BCUT2D eigenvalue weighted by Crippen LogP contribution is 2.21. The number of benzene rings is 2.